The van der Waals surface area contributed by atoms with Crippen LogP contribution in [-0.4, -0.2) is 29.3 Å². The number of carbonyl (C=O) groups excluding carboxylic acids is 1. The van der Waals surface area contributed by atoms with Crippen molar-refractivity contribution in [2.24, 2.45) is 0 Å². The number of Topliss-reactive ketones (excluding diaryl/α,β-unsaturated/α-hetero) is 1. The summed E-state index contributed by atoms with van der Waals surface area (Å²) in [5, 5.41) is 0. The molecule has 1 saturated heterocycles. The lowest BCUT2D eigenvalue weighted by Crippen LogP contribution is -2.44. The number of likely N-dealkylation sites (tertiary alicyclic amines) is 1. The molecule has 0 saturated carbocycles. The van der Waals surface area contributed by atoms with Gasteiger partial charge >= 0.3 is 0 Å². The lowest BCUT2D eigenvalue weighted by molar-refractivity contribution is -0.122. The minimum Gasteiger partial charge on any atom is -0.298 e. The molecule has 0 aliphatic carbocycles. The molecule has 1 aliphatic heterocycles. The summed E-state index contributed by atoms with van der Waals surface area (Å²) in [6.07, 6.45) is 6.37. The number of rotatable bonds is 3. The number of carbonyl (C=O) groups is 1. The Morgan fingerprint density at radius 3 is 2.71 bits per heavy atom. The SMILES string of the molecule is CCC1CCCCCN1C(C)C(C)=O. The van der Waals surface area contributed by atoms with Crippen molar-refractivity contribution < 1.29 is 4.79 Å². The quantitative estimate of drug-likeness (QED) is 0.693. The Bertz CT molecular complexity index is 191. The van der Waals surface area contributed by atoms with Gasteiger partial charge in [-0.1, -0.05) is 19.8 Å². The van der Waals surface area contributed by atoms with Crippen molar-refractivity contribution in [2.75, 3.05) is 6.54 Å². The molecule has 1 heterocycles. The molecule has 0 amide bonds. The van der Waals surface area contributed by atoms with E-state index < -0.39 is 0 Å². The molecule has 0 spiro atoms. The van der Waals surface area contributed by atoms with E-state index in [4.69, 9.17) is 0 Å². The maximum Gasteiger partial charge on any atom is 0.146 e. The Morgan fingerprint density at radius 2 is 2.14 bits per heavy atom. The third-order valence-corrected chi connectivity index (χ3v) is 3.48. The fraction of sp³-hybridized carbons (Fsp3) is 0.917. The van der Waals surface area contributed by atoms with E-state index in [9.17, 15) is 4.79 Å². The van der Waals surface area contributed by atoms with Gasteiger partial charge in [0.1, 0.15) is 5.78 Å². The van der Waals surface area contributed by atoms with Crippen LogP contribution < -0.4 is 0 Å². The second kappa shape index (κ2) is 5.50. The number of nitrogens with zero attached hydrogens (tertiary/aromatic N) is 1. The van der Waals surface area contributed by atoms with Crippen molar-refractivity contribution >= 4 is 5.78 Å². The normalized spacial score (nSPS) is 26.9. The predicted molar refractivity (Wildman–Crippen MR) is 59.4 cm³/mol. The summed E-state index contributed by atoms with van der Waals surface area (Å²) in [5.41, 5.74) is 0. The Morgan fingerprint density at radius 1 is 1.43 bits per heavy atom. The van der Waals surface area contributed by atoms with Crippen LogP contribution in [0.2, 0.25) is 0 Å². The van der Waals surface area contributed by atoms with Crippen molar-refractivity contribution in [3.63, 3.8) is 0 Å². The van der Waals surface area contributed by atoms with Gasteiger partial charge in [-0.05, 0) is 39.7 Å². The van der Waals surface area contributed by atoms with E-state index >= 15 is 0 Å². The molecule has 0 aromatic rings. The lowest BCUT2D eigenvalue weighted by Gasteiger charge is -2.33. The topological polar surface area (TPSA) is 20.3 Å². The summed E-state index contributed by atoms with van der Waals surface area (Å²) in [4.78, 5) is 13.8. The third kappa shape index (κ3) is 2.81. The smallest absolute Gasteiger partial charge is 0.146 e. The molecule has 0 bridgehead atoms. The minimum absolute atomic E-state index is 0.123. The molecule has 0 aromatic heterocycles. The van der Waals surface area contributed by atoms with Gasteiger partial charge in [-0.25, -0.2) is 0 Å². The van der Waals surface area contributed by atoms with Crippen LogP contribution in [0.3, 0.4) is 0 Å². The number of ketones is 1. The van der Waals surface area contributed by atoms with Gasteiger partial charge in [0.25, 0.3) is 0 Å². The van der Waals surface area contributed by atoms with Gasteiger partial charge in [0.15, 0.2) is 0 Å². The standard InChI is InChI=1S/C12H23NO/c1-4-12-8-6-5-7-9-13(12)10(2)11(3)14/h10,12H,4-9H2,1-3H3. The van der Waals surface area contributed by atoms with E-state index in [0.717, 1.165) is 6.54 Å². The van der Waals surface area contributed by atoms with E-state index in [-0.39, 0.29) is 6.04 Å². The molecule has 2 heteroatoms. The summed E-state index contributed by atoms with van der Waals surface area (Å²) >= 11 is 0. The van der Waals surface area contributed by atoms with Crippen molar-refractivity contribution in [1.29, 1.82) is 0 Å². The zero-order valence-electron chi connectivity index (χ0n) is 9.75. The van der Waals surface area contributed by atoms with Crippen molar-refractivity contribution in [3.05, 3.63) is 0 Å². The molecule has 2 nitrogen and oxygen atoms in total. The fourth-order valence-corrected chi connectivity index (χ4v) is 2.38. The highest BCUT2D eigenvalue weighted by Gasteiger charge is 2.25. The maximum absolute atomic E-state index is 11.4. The fourth-order valence-electron chi connectivity index (χ4n) is 2.38. The van der Waals surface area contributed by atoms with Crippen LogP contribution in [0.1, 0.15) is 52.9 Å². The van der Waals surface area contributed by atoms with Gasteiger partial charge in [-0.15, -0.1) is 0 Å². The molecular formula is C12H23NO. The molecule has 0 aromatic carbocycles. The molecule has 2 atom stereocenters. The van der Waals surface area contributed by atoms with E-state index in [2.05, 4.69) is 18.7 Å². The van der Waals surface area contributed by atoms with Crippen molar-refractivity contribution in [1.82, 2.24) is 4.90 Å². The Balaban J connectivity index is 2.64. The van der Waals surface area contributed by atoms with Gasteiger partial charge in [-0.3, -0.25) is 9.69 Å². The molecule has 0 radical (unpaired) electrons. The first-order chi connectivity index (χ1) is 6.66. The van der Waals surface area contributed by atoms with Crippen LogP contribution in [0, 0.1) is 0 Å². The van der Waals surface area contributed by atoms with Crippen LogP contribution in [0.4, 0.5) is 0 Å². The first-order valence-corrected chi connectivity index (χ1v) is 5.93. The molecule has 14 heavy (non-hydrogen) atoms. The Kier molecular flexibility index (Phi) is 4.59. The first kappa shape index (κ1) is 11.7. The average Bonchev–Trinajstić information content (AvgIpc) is 2.40. The van der Waals surface area contributed by atoms with Gasteiger partial charge in [-0.2, -0.15) is 0 Å². The minimum atomic E-state index is 0.123. The van der Waals surface area contributed by atoms with Gasteiger partial charge in [0.2, 0.25) is 0 Å². The molecule has 0 N–H and O–H groups in total. The molecule has 2 unspecified atom stereocenters. The van der Waals surface area contributed by atoms with Crippen LogP contribution in [0.15, 0.2) is 0 Å². The first-order valence-electron chi connectivity index (χ1n) is 5.93. The highest BCUT2D eigenvalue weighted by atomic mass is 16.1. The number of hydrogen-bond donors (Lipinski definition) is 0. The highest BCUT2D eigenvalue weighted by Crippen LogP contribution is 2.21. The Labute approximate surface area is 87.7 Å². The summed E-state index contributed by atoms with van der Waals surface area (Å²) in [6.45, 7) is 7.10. The van der Waals surface area contributed by atoms with Crippen LogP contribution >= 0.6 is 0 Å². The predicted octanol–water partition coefficient (Wildman–Crippen LogP) is 2.62. The molecular weight excluding hydrogens is 174 g/mol. The van der Waals surface area contributed by atoms with Gasteiger partial charge in [0, 0.05) is 6.04 Å². The van der Waals surface area contributed by atoms with Gasteiger partial charge < -0.3 is 0 Å². The Hall–Kier alpha value is -0.370. The van der Waals surface area contributed by atoms with E-state index in [0.29, 0.717) is 11.8 Å². The lowest BCUT2D eigenvalue weighted by atomic mass is 10.1. The summed E-state index contributed by atoms with van der Waals surface area (Å²) in [5.74, 6) is 0.311. The summed E-state index contributed by atoms with van der Waals surface area (Å²) < 4.78 is 0. The third-order valence-electron chi connectivity index (χ3n) is 3.48. The average molecular weight is 197 g/mol. The van der Waals surface area contributed by atoms with E-state index in [1.807, 2.05) is 0 Å². The van der Waals surface area contributed by atoms with Crippen molar-refractivity contribution in [2.45, 2.75) is 65.0 Å². The second-order valence-electron chi connectivity index (χ2n) is 4.44. The zero-order valence-corrected chi connectivity index (χ0v) is 9.75. The van der Waals surface area contributed by atoms with E-state index in [1.54, 1.807) is 6.92 Å². The molecule has 82 valence electrons. The maximum atomic E-state index is 11.4. The highest BCUT2D eigenvalue weighted by molar-refractivity contribution is 5.80. The van der Waals surface area contributed by atoms with E-state index in [1.165, 1.54) is 32.1 Å². The monoisotopic (exact) mass is 197 g/mol. The molecule has 1 aliphatic rings. The zero-order chi connectivity index (χ0) is 10.6. The largest absolute Gasteiger partial charge is 0.298 e. The van der Waals surface area contributed by atoms with Crippen LogP contribution in [-0.2, 0) is 4.79 Å². The molecule has 1 rings (SSSR count). The molecule has 1 fully saturated rings. The second-order valence-corrected chi connectivity index (χ2v) is 4.44. The van der Waals surface area contributed by atoms with Crippen molar-refractivity contribution in [3.8, 4) is 0 Å². The van der Waals surface area contributed by atoms with Gasteiger partial charge in [0.05, 0.1) is 6.04 Å². The van der Waals surface area contributed by atoms with Crippen LogP contribution in [0.5, 0.6) is 0 Å². The summed E-state index contributed by atoms with van der Waals surface area (Å²) in [7, 11) is 0. The van der Waals surface area contributed by atoms with Crippen LogP contribution in [0.25, 0.3) is 0 Å². The number of hydrogen-bond acceptors (Lipinski definition) is 2. The summed E-state index contributed by atoms with van der Waals surface area (Å²) in [6, 6.07) is 0.759.